The van der Waals surface area contributed by atoms with Gasteiger partial charge in [0.2, 0.25) is 0 Å². The van der Waals surface area contributed by atoms with E-state index in [1.54, 1.807) is 31.4 Å². The molecule has 112 valence electrons. The summed E-state index contributed by atoms with van der Waals surface area (Å²) in [6, 6.07) is 10.5. The van der Waals surface area contributed by atoms with Gasteiger partial charge >= 0.3 is 0 Å². The molecule has 0 radical (unpaired) electrons. The second-order valence-corrected chi connectivity index (χ2v) is 4.19. The predicted octanol–water partition coefficient (Wildman–Crippen LogP) is 1.59. The number of rotatable bonds is 7. The summed E-state index contributed by atoms with van der Waals surface area (Å²) >= 11 is 0. The van der Waals surface area contributed by atoms with E-state index in [1.165, 1.54) is 0 Å². The highest BCUT2D eigenvalue weighted by Gasteiger charge is 2.11. The van der Waals surface area contributed by atoms with Crippen molar-refractivity contribution in [3.8, 4) is 11.5 Å². The van der Waals surface area contributed by atoms with Gasteiger partial charge in [0.1, 0.15) is 12.4 Å². The van der Waals surface area contributed by atoms with Gasteiger partial charge in [-0.1, -0.05) is 12.1 Å². The van der Waals surface area contributed by atoms with Crippen LogP contribution < -0.4 is 14.8 Å². The smallest absolute Gasteiger partial charge is 0.287 e. The Bertz CT molecular complexity index is 593. The standard InChI is InChI=1S/C15H17NO5/c1-19-12-4-2-3-5-13(12)20-10-11-6-7-14(21-11)15(18)16-8-9-17/h2-7,17H,8-10H2,1H3,(H,16,18). The number of carbonyl (C=O) groups excluding carboxylic acids is 1. The van der Waals surface area contributed by atoms with Gasteiger partial charge in [0.25, 0.3) is 5.91 Å². The SMILES string of the molecule is COc1ccccc1OCc1ccc(C(=O)NCCO)o1. The number of benzene rings is 1. The van der Waals surface area contributed by atoms with E-state index in [1.807, 2.05) is 12.1 Å². The molecule has 2 N–H and O–H groups in total. The molecule has 21 heavy (non-hydrogen) atoms. The normalized spacial score (nSPS) is 10.2. The number of aliphatic hydroxyl groups excluding tert-OH is 1. The van der Waals surface area contributed by atoms with Crippen LogP contribution in [0.1, 0.15) is 16.3 Å². The van der Waals surface area contributed by atoms with Crippen molar-refractivity contribution in [1.82, 2.24) is 5.32 Å². The van der Waals surface area contributed by atoms with Crippen LogP contribution in [0.5, 0.6) is 11.5 Å². The van der Waals surface area contributed by atoms with Crippen LogP contribution in [-0.2, 0) is 6.61 Å². The summed E-state index contributed by atoms with van der Waals surface area (Å²) in [6.45, 7) is 0.260. The average Bonchev–Trinajstić information content (AvgIpc) is 3.00. The molecule has 0 spiro atoms. The number of amides is 1. The first-order valence-electron chi connectivity index (χ1n) is 6.48. The Hall–Kier alpha value is -2.47. The molecule has 0 fully saturated rings. The summed E-state index contributed by atoms with van der Waals surface area (Å²) in [5.74, 6) is 1.57. The first-order valence-corrected chi connectivity index (χ1v) is 6.48. The molecule has 0 aliphatic rings. The number of hydrogen-bond donors (Lipinski definition) is 2. The van der Waals surface area contributed by atoms with Gasteiger partial charge in [-0.2, -0.15) is 0 Å². The number of hydrogen-bond acceptors (Lipinski definition) is 5. The number of para-hydroxylation sites is 2. The van der Waals surface area contributed by atoms with Crippen molar-refractivity contribution < 1.29 is 23.8 Å². The van der Waals surface area contributed by atoms with Crippen molar-refractivity contribution in [2.24, 2.45) is 0 Å². The van der Waals surface area contributed by atoms with E-state index in [0.29, 0.717) is 17.3 Å². The summed E-state index contributed by atoms with van der Waals surface area (Å²) in [7, 11) is 1.57. The van der Waals surface area contributed by atoms with Crippen LogP contribution in [0, 0.1) is 0 Å². The zero-order chi connectivity index (χ0) is 15.1. The molecule has 0 aliphatic carbocycles. The van der Waals surface area contributed by atoms with Crippen molar-refractivity contribution >= 4 is 5.91 Å². The molecule has 0 saturated carbocycles. The lowest BCUT2D eigenvalue weighted by Gasteiger charge is -2.08. The highest BCUT2D eigenvalue weighted by Crippen LogP contribution is 2.26. The summed E-state index contributed by atoms with van der Waals surface area (Å²) in [4.78, 5) is 11.6. The van der Waals surface area contributed by atoms with Gasteiger partial charge < -0.3 is 24.3 Å². The van der Waals surface area contributed by atoms with E-state index in [2.05, 4.69) is 5.32 Å². The second-order valence-electron chi connectivity index (χ2n) is 4.19. The van der Waals surface area contributed by atoms with Crippen LogP contribution in [0.15, 0.2) is 40.8 Å². The molecule has 0 unspecified atom stereocenters. The summed E-state index contributed by atoms with van der Waals surface area (Å²) in [6.07, 6.45) is 0. The number of methoxy groups -OCH3 is 1. The van der Waals surface area contributed by atoms with Crippen molar-refractivity contribution in [3.05, 3.63) is 47.9 Å². The lowest BCUT2D eigenvalue weighted by molar-refractivity contribution is 0.0913. The fourth-order valence-electron chi connectivity index (χ4n) is 1.72. The van der Waals surface area contributed by atoms with E-state index >= 15 is 0 Å². The number of nitrogens with one attached hydrogen (secondary N) is 1. The maximum atomic E-state index is 11.6. The second kappa shape index (κ2) is 7.35. The number of aliphatic hydroxyl groups is 1. The van der Waals surface area contributed by atoms with E-state index < -0.39 is 0 Å². The Morgan fingerprint density at radius 3 is 2.71 bits per heavy atom. The Morgan fingerprint density at radius 2 is 2.00 bits per heavy atom. The highest BCUT2D eigenvalue weighted by atomic mass is 16.5. The minimum Gasteiger partial charge on any atom is -0.493 e. The van der Waals surface area contributed by atoms with E-state index in [0.717, 1.165) is 0 Å². The molecule has 1 aromatic carbocycles. The van der Waals surface area contributed by atoms with Gasteiger partial charge in [0.05, 0.1) is 13.7 Å². The Kier molecular flexibility index (Phi) is 5.22. The predicted molar refractivity (Wildman–Crippen MR) is 75.5 cm³/mol. The molecule has 0 bridgehead atoms. The van der Waals surface area contributed by atoms with Gasteiger partial charge in [-0.15, -0.1) is 0 Å². The monoisotopic (exact) mass is 291 g/mol. The third-order valence-electron chi connectivity index (χ3n) is 2.72. The van der Waals surface area contributed by atoms with Gasteiger partial charge in [-0.05, 0) is 24.3 Å². The van der Waals surface area contributed by atoms with Crippen LogP contribution in [-0.4, -0.2) is 31.3 Å². The Morgan fingerprint density at radius 1 is 1.24 bits per heavy atom. The van der Waals surface area contributed by atoms with Crippen LogP contribution in [0.2, 0.25) is 0 Å². The van der Waals surface area contributed by atoms with E-state index in [4.69, 9.17) is 19.0 Å². The first-order chi connectivity index (χ1) is 10.2. The molecule has 0 atom stereocenters. The average molecular weight is 291 g/mol. The molecule has 6 nitrogen and oxygen atoms in total. The summed E-state index contributed by atoms with van der Waals surface area (Å²) in [5, 5.41) is 11.2. The van der Waals surface area contributed by atoms with E-state index in [-0.39, 0.29) is 31.4 Å². The number of furan rings is 1. The molecular weight excluding hydrogens is 274 g/mol. The van der Waals surface area contributed by atoms with Crippen LogP contribution >= 0.6 is 0 Å². The molecule has 6 heteroatoms. The third-order valence-corrected chi connectivity index (χ3v) is 2.72. The molecule has 0 saturated heterocycles. The fraction of sp³-hybridized carbons (Fsp3) is 0.267. The summed E-state index contributed by atoms with van der Waals surface area (Å²) in [5.41, 5.74) is 0. The quantitative estimate of drug-likeness (QED) is 0.809. The minimum atomic E-state index is -0.368. The molecule has 1 heterocycles. The van der Waals surface area contributed by atoms with Crippen molar-refractivity contribution in [1.29, 1.82) is 0 Å². The van der Waals surface area contributed by atoms with Gasteiger partial charge in [0, 0.05) is 6.54 Å². The van der Waals surface area contributed by atoms with E-state index in [9.17, 15) is 4.79 Å². The lowest BCUT2D eigenvalue weighted by atomic mass is 10.3. The molecule has 2 aromatic rings. The Balaban J connectivity index is 1.95. The van der Waals surface area contributed by atoms with Gasteiger partial charge in [-0.25, -0.2) is 0 Å². The van der Waals surface area contributed by atoms with Crippen LogP contribution in [0.25, 0.3) is 0 Å². The van der Waals surface area contributed by atoms with Crippen LogP contribution in [0.4, 0.5) is 0 Å². The zero-order valence-electron chi connectivity index (χ0n) is 11.7. The first kappa shape index (κ1) is 14.9. The maximum absolute atomic E-state index is 11.6. The topological polar surface area (TPSA) is 80.9 Å². The molecule has 2 rings (SSSR count). The van der Waals surface area contributed by atoms with Crippen molar-refractivity contribution in [2.75, 3.05) is 20.3 Å². The maximum Gasteiger partial charge on any atom is 0.287 e. The van der Waals surface area contributed by atoms with Crippen molar-refractivity contribution in [2.45, 2.75) is 6.61 Å². The highest BCUT2D eigenvalue weighted by molar-refractivity contribution is 5.91. The molecular formula is C15H17NO5. The Labute approximate surface area is 122 Å². The zero-order valence-corrected chi connectivity index (χ0v) is 11.7. The fourth-order valence-corrected chi connectivity index (χ4v) is 1.72. The van der Waals surface area contributed by atoms with Crippen molar-refractivity contribution in [3.63, 3.8) is 0 Å². The van der Waals surface area contributed by atoms with Gasteiger partial charge in [-0.3, -0.25) is 4.79 Å². The molecule has 0 aliphatic heterocycles. The minimum absolute atomic E-state index is 0.115. The lowest BCUT2D eigenvalue weighted by Crippen LogP contribution is -2.25. The summed E-state index contributed by atoms with van der Waals surface area (Å²) < 4.78 is 16.2. The number of carbonyl (C=O) groups is 1. The third kappa shape index (κ3) is 4.00. The molecule has 1 amide bonds. The number of ether oxygens (including phenoxy) is 2. The van der Waals surface area contributed by atoms with Crippen LogP contribution in [0.3, 0.4) is 0 Å². The largest absolute Gasteiger partial charge is 0.493 e. The van der Waals surface area contributed by atoms with Gasteiger partial charge in [0.15, 0.2) is 17.3 Å². The molecule has 1 aromatic heterocycles.